The topological polar surface area (TPSA) is 125 Å². The second-order valence-electron chi connectivity index (χ2n) is 6.76. The molecule has 32 heavy (non-hydrogen) atoms. The first-order chi connectivity index (χ1) is 15.3. The number of pyridine rings is 1. The molecule has 0 aliphatic carbocycles. The molecule has 4 aromatic rings. The number of alkyl halides is 3. The number of aromatic amines is 1. The molecule has 0 bridgehead atoms. The normalized spacial score (nSPS) is 12.4. The lowest BCUT2D eigenvalue weighted by atomic mass is 10.1. The lowest BCUT2D eigenvalue weighted by molar-refractivity contribution is -0.137. The Morgan fingerprint density at radius 2 is 1.88 bits per heavy atom. The van der Waals surface area contributed by atoms with Gasteiger partial charge in [-0.15, -0.1) is 0 Å². The van der Waals surface area contributed by atoms with Gasteiger partial charge in [-0.05, 0) is 13.0 Å². The number of ether oxygens (including phenoxy) is 1. The fraction of sp³-hybridized carbons (Fsp3) is 0.200. The Kier molecular flexibility index (Phi) is 5.31. The minimum absolute atomic E-state index is 0.106. The van der Waals surface area contributed by atoms with Crippen molar-refractivity contribution in [2.24, 2.45) is 0 Å². The van der Waals surface area contributed by atoms with Crippen LogP contribution in [0, 0.1) is 11.3 Å². The van der Waals surface area contributed by atoms with Gasteiger partial charge in [0.2, 0.25) is 5.95 Å². The van der Waals surface area contributed by atoms with Gasteiger partial charge in [0.05, 0.1) is 36.2 Å². The number of nitrogens with zero attached hydrogens (tertiary/aromatic N) is 6. The molecule has 0 radical (unpaired) electrons. The second-order valence-corrected chi connectivity index (χ2v) is 6.76. The van der Waals surface area contributed by atoms with Gasteiger partial charge in [-0.3, -0.25) is 0 Å². The van der Waals surface area contributed by atoms with Gasteiger partial charge < -0.3 is 15.0 Å². The predicted octanol–water partition coefficient (Wildman–Crippen LogP) is 3.88. The van der Waals surface area contributed by atoms with Crippen LogP contribution in [0.4, 0.5) is 19.1 Å². The van der Waals surface area contributed by atoms with Crippen molar-refractivity contribution in [2.45, 2.75) is 19.1 Å². The van der Waals surface area contributed by atoms with Gasteiger partial charge in [0.25, 0.3) is 0 Å². The van der Waals surface area contributed by atoms with E-state index in [1.54, 1.807) is 12.4 Å². The van der Waals surface area contributed by atoms with E-state index in [1.807, 2.05) is 13.0 Å². The van der Waals surface area contributed by atoms with E-state index in [9.17, 15) is 18.4 Å². The van der Waals surface area contributed by atoms with Crippen LogP contribution in [0.2, 0.25) is 0 Å². The van der Waals surface area contributed by atoms with Crippen molar-refractivity contribution in [1.82, 2.24) is 29.9 Å². The summed E-state index contributed by atoms with van der Waals surface area (Å²) in [6.07, 6.45) is 2.13. The Morgan fingerprint density at radius 1 is 1.12 bits per heavy atom. The summed E-state index contributed by atoms with van der Waals surface area (Å²) in [5, 5.41) is 12.8. The molecular weight excluding hydrogens is 425 g/mol. The summed E-state index contributed by atoms with van der Waals surface area (Å²) in [6.45, 7) is 1.83. The van der Waals surface area contributed by atoms with Gasteiger partial charge in [0, 0.05) is 41.3 Å². The van der Waals surface area contributed by atoms with Gasteiger partial charge in [-0.1, -0.05) is 0 Å². The number of aromatic nitrogens is 6. The number of halogens is 3. The maximum Gasteiger partial charge on any atom is 0.417 e. The number of hydrogen-bond acceptors (Lipinski definition) is 8. The Balaban J connectivity index is 1.72. The van der Waals surface area contributed by atoms with Crippen LogP contribution >= 0.6 is 0 Å². The molecule has 0 aromatic carbocycles. The summed E-state index contributed by atoms with van der Waals surface area (Å²) in [6, 6.07) is 2.87. The number of nitriles is 1. The Morgan fingerprint density at radius 3 is 2.53 bits per heavy atom. The summed E-state index contributed by atoms with van der Waals surface area (Å²) in [5.74, 6) is 0.177. The number of anilines is 1. The number of methoxy groups -OCH3 is 1. The van der Waals surface area contributed by atoms with E-state index < -0.39 is 11.7 Å². The smallest absolute Gasteiger partial charge is 0.417 e. The highest BCUT2D eigenvalue weighted by molar-refractivity contribution is 5.94. The highest BCUT2D eigenvalue weighted by Crippen LogP contribution is 2.34. The average Bonchev–Trinajstić information content (AvgIpc) is 3.21. The van der Waals surface area contributed by atoms with E-state index in [-0.39, 0.29) is 40.3 Å². The maximum atomic E-state index is 13.2. The molecule has 1 atom stereocenters. The van der Waals surface area contributed by atoms with Gasteiger partial charge in [-0.25, -0.2) is 24.9 Å². The summed E-state index contributed by atoms with van der Waals surface area (Å²) in [5.41, 5.74) is 0.663. The van der Waals surface area contributed by atoms with Crippen molar-refractivity contribution in [1.29, 1.82) is 5.26 Å². The van der Waals surface area contributed by atoms with Crippen LogP contribution in [-0.4, -0.2) is 37.0 Å². The maximum absolute atomic E-state index is 13.2. The lowest BCUT2D eigenvalue weighted by Crippen LogP contribution is -2.11. The van der Waals surface area contributed by atoms with Crippen molar-refractivity contribution in [3.8, 4) is 23.3 Å². The molecule has 2 N–H and O–H groups in total. The zero-order valence-corrected chi connectivity index (χ0v) is 16.8. The van der Waals surface area contributed by atoms with E-state index in [1.165, 1.54) is 19.5 Å². The lowest BCUT2D eigenvalue weighted by Gasteiger charge is -2.14. The molecule has 0 spiro atoms. The van der Waals surface area contributed by atoms with Crippen LogP contribution in [0.3, 0.4) is 0 Å². The summed E-state index contributed by atoms with van der Waals surface area (Å²) in [7, 11) is 1.46. The molecule has 162 valence electrons. The molecule has 4 rings (SSSR count). The van der Waals surface area contributed by atoms with Crippen molar-refractivity contribution in [2.75, 3.05) is 12.4 Å². The molecule has 4 heterocycles. The molecule has 4 aromatic heterocycles. The van der Waals surface area contributed by atoms with Gasteiger partial charge in [0.1, 0.15) is 11.7 Å². The van der Waals surface area contributed by atoms with Crippen molar-refractivity contribution in [3.63, 3.8) is 0 Å². The van der Waals surface area contributed by atoms with Crippen LogP contribution in [-0.2, 0) is 6.18 Å². The zero-order chi connectivity index (χ0) is 22.9. The first-order valence-electron chi connectivity index (χ1n) is 9.24. The molecule has 0 aliphatic heterocycles. The van der Waals surface area contributed by atoms with E-state index in [4.69, 9.17) is 4.74 Å². The zero-order valence-electron chi connectivity index (χ0n) is 16.8. The number of rotatable bonds is 5. The number of fused-ring (bicyclic) bond motifs is 1. The van der Waals surface area contributed by atoms with Crippen molar-refractivity contribution < 1.29 is 17.9 Å². The molecular formula is C20H15F3N8O. The molecule has 0 fully saturated rings. The fourth-order valence-electron chi connectivity index (χ4n) is 3.02. The summed E-state index contributed by atoms with van der Waals surface area (Å²) >= 11 is 0. The molecule has 0 amide bonds. The molecule has 0 aliphatic rings. The molecule has 12 heteroatoms. The summed E-state index contributed by atoms with van der Waals surface area (Å²) < 4.78 is 44.4. The number of H-pyrrole nitrogens is 1. The van der Waals surface area contributed by atoms with Crippen molar-refractivity contribution >= 4 is 17.0 Å². The third-order valence-electron chi connectivity index (χ3n) is 4.70. The second kappa shape index (κ2) is 8.10. The highest BCUT2D eigenvalue weighted by atomic mass is 19.4. The van der Waals surface area contributed by atoms with Gasteiger partial charge in [-0.2, -0.15) is 18.4 Å². The SMILES string of the molecule is COc1ncc(C(C)Nc2ncc(C#N)c(-c3c[nH]c4ncc(C(F)(F)F)cc34)n2)cn1. The monoisotopic (exact) mass is 440 g/mol. The van der Waals surface area contributed by atoms with E-state index >= 15 is 0 Å². The predicted molar refractivity (Wildman–Crippen MR) is 107 cm³/mol. The number of nitrogens with one attached hydrogen (secondary N) is 2. The van der Waals surface area contributed by atoms with Crippen LogP contribution < -0.4 is 10.1 Å². The fourth-order valence-corrected chi connectivity index (χ4v) is 3.02. The minimum atomic E-state index is -4.55. The van der Waals surface area contributed by atoms with E-state index in [2.05, 4.69) is 35.2 Å². The van der Waals surface area contributed by atoms with Gasteiger partial charge >= 0.3 is 12.2 Å². The van der Waals surface area contributed by atoms with Gasteiger partial charge in [0.15, 0.2) is 0 Å². The van der Waals surface area contributed by atoms with Crippen molar-refractivity contribution in [3.05, 3.63) is 53.7 Å². The Hall–Kier alpha value is -4.27. The van der Waals surface area contributed by atoms with Crippen LogP contribution in [0.5, 0.6) is 6.01 Å². The molecule has 0 saturated heterocycles. The quantitative estimate of drug-likeness (QED) is 0.479. The van der Waals surface area contributed by atoms with Crippen LogP contribution in [0.25, 0.3) is 22.3 Å². The van der Waals surface area contributed by atoms with E-state index in [0.717, 1.165) is 17.8 Å². The van der Waals surface area contributed by atoms with Crippen LogP contribution in [0.1, 0.15) is 29.7 Å². The molecule has 0 saturated carbocycles. The van der Waals surface area contributed by atoms with E-state index in [0.29, 0.717) is 5.56 Å². The standard InChI is InChI=1S/C20H15F3N8O/c1-10(12-6-28-19(32-2)29-7-12)30-18-27-5-11(4-24)16(31-18)15-9-26-17-14(15)3-13(8-25-17)20(21,22)23/h3,5-10H,1-2H3,(H,25,26)(H,27,30,31). The summed E-state index contributed by atoms with van der Waals surface area (Å²) in [4.78, 5) is 23.3. The Bertz CT molecular complexity index is 1310. The third-order valence-corrected chi connectivity index (χ3v) is 4.70. The average molecular weight is 440 g/mol. The highest BCUT2D eigenvalue weighted by Gasteiger charge is 2.31. The largest absolute Gasteiger partial charge is 0.467 e. The van der Waals surface area contributed by atoms with Crippen LogP contribution in [0.15, 0.2) is 37.1 Å². The minimum Gasteiger partial charge on any atom is -0.467 e. The molecule has 9 nitrogen and oxygen atoms in total. The third kappa shape index (κ3) is 4.00. The molecule has 1 unspecified atom stereocenters. The first kappa shape index (κ1) is 21.0. The number of hydrogen-bond donors (Lipinski definition) is 2. The first-order valence-corrected chi connectivity index (χ1v) is 9.24. The Labute approximate surface area is 179 Å².